The lowest BCUT2D eigenvalue weighted by molar-refractivity contribution is -0.260. The van der Waals surface area contributed by atoms with E-state index in [0.717, 1.165) is 25.7 Å². The van der Waals surface area contributed by atoms with Crippen LogP contribution < -0.4 is 11.5 Å². The van der Waals surface area contributed by atoms with Gasteiger partial charge in [0.25, 0.3) is 0 Å². The third-order valence-corrected chi connectivity index (χ3v) is 4.88. The predicted octanol–water partition coefficient (Wildman–Crippen LogP) is 5.09. The van der Waals surface area contributed by atoms with Gasteiger partial charge in [0.05, 0.1) is 6.42 Å². The molecule has 0 amide bonds. The summed E-state index contributed by atoms with van der Waals surface area (Å²) < 4.78 is 0. The van der Waals surface area contributed by atoms with Crippen LogP contribution in [-0.2, 0) is 19.4 Å². The largest absolute Gasteiger partial charge is 0.372 e. The van der Waals surface area contributed by atoms with Crippen LogP contribution in [0.15, 0.2) is 12.2 Å². The molecule has 4 N–H and O–H groups in total. The number of allylic oxidation sites excluding steroid dienone is 2. The van der Waals surface area contributed by atoms with Crippen LogP contribution >= 0.6 is 0 Å². The third-order valence-electron chi connectivity index (χ3n) is 4.88. The van der Waals surface area contributed by atoms with Crippen molar-refractivity contribution in [2.75, 3.05) is 6.54 Å². The van der Waals surface area contributed by atoms with Crippen LogP contribution in [0.2, 0.25) is 0 Å². The topological polar surface area (TPSA) is 105 Å². The van der Waals surface area contributed by atoms with Crippen molar-refractivity contribution in [3.05, 3.63) is 12.2 Å². The fourth-order valence-corrected chi connectivity index (χ4v) is 2.99. The summed E-state index contributed by atoms with van der Waals surface area (Å²) in [7, 11) is 0. The van der Waals surface area contributed by atoms with E-state index >= 15 is 0 Å². The van der Waals surface area contributed by atoms with Crippen molar-refractivity contribution >= 4 is 11.9 Å². The van der Waals surface area contributed by atoms with Crippen molar-refractivity contribution in [2.45, 2.75) is 116 Å². The zero-order valence-electron chi connectivity index (χ0n) is 18.5. The Balaban J connectivity index is 3.40. The maximum Gasteiger partial charge on any atom is 0.372 e. The highest BCUT2D eigenvalue weighted by molar-refractivity contribution is 5.76. The van der Waals surface area contributed by atoms with Gasteiger partial charge in [-0.05, 0) is 51.5 Å². The summed E-state index contributed by atoms with van der Waals surface area (Å²) in [6, 6.07) is -0.800. The summed E-state index contributed by atoms with van der Waals surface area (Å²) in [6.07, 6.45) is 21.5. The van der Waals surface area contributed by atoms with E-state index in [0.29, 0.717) is 19.4 Å². The molecule has 6 heteroatoms. The van der Waals surface area contributed by atoms with E-state index in [1.807, 2.05) is 0 Å². The van der Waals surface area contributed by atoms with E-state index < -0.39 is 18.0 Å². The van der Waals surface area contributed by atoms with Gasteiger partial charge in [-0.15, -0.1) is 0 Å². The molecule has 0 rings (SSSR count). The summed E-state index contributed by atoms with van der Waals surface area (Å²) >= 11 is 0. The Kier molecular flexibility index (Phi) is 20.3. The van der Waals surface area contributed by atoms with Gasteiger partial charge in [0, 0.05) is 0 Å². The molecule has 0 aromatic carbocycles. The SMILES string of the molecule is CCCCCCCC/C=C\CCCCCCCC(=O)OOC(=O)C(N)CCCN. The molecule has 0 aliphatic carbocycles. The van der Waals surface area contributed by atoms with Crippen molar-refractivity contribution in [3.8, 4) is 0 Å². The molecule has 0 radical (unpaired) electrons. The number of hydrogen-bond acceptors (Lipinski definition) is 6. The van der Waals surface area contributed by atoms with Gasteiger partial charge >= 0.3 is 11.9 Å². The van der Waals surface area contributed by atoms with Crippen molar-refractivity contribution < 1.29 is 19.4 Å². The molecule has 0 aliphatic heterocycles. The lowest BCUT2D eigenvalue weighted by atomic mass is 10.1. The summed E-state index contributed by atoms with van der Waals surface area (Å²) in [4.78, 5) is 32.0. The van der Waals surface area contributed by atoms with Crippen LogP contribution in [0.1, 0.15) is 110 Å². The average Bonchev–Trinajstić information content (AvgIpc) is 2.72. The molecule has 0 bridgehead atoms. The lowest BCUT2D eigenvalue weighted by Crippen LogP contribution is -2.33. The Labute approximate surface area is 177 Å². The molecular weight excluding hydrogens is 368 g/mol. The van der Waals surface area contributed by atoms with Crippen molar-refractivity contribution in [2.24, 2.45) is 11.5 Å². The van der Waals surface area contributed by atoms with Gasteiger partial charge in [-0.3, -0.25) is 0 Å². The van der Waals surface area contributed by atoms with Gasteiger partial charge in [-0.1, -0.05) is 70.4 Å². The second-order valence-corrected chi connectivity index (χ2v) is 7.73. The minimum absolute atomic E-state index is 0.253. The highest BCUT2D eigenvalue weighted by Gasteiger charge is 2.17. The Morgan fingerprint density at radius 3 is 1.93 bits per heavy atom. The van der Waals surface area contributed by atoms with Crippen LogP contribution in [0.4, 0.5) is 0 Å². The molecule has 0 saturated carbocycles. The molecule has 29 heavy (non-hydrogen) atoms. The van der Waals surface area contributed by atoms with Gasteiger partial charge in [0.15, 0.2) is 0 Å². The van der Waals surface area contributed by atoms with Crippen molar-refractivity contribution in [1.82, 2.24) is 0 Å². The fraction of sp³-hybridized carbons (Fsp3) is 0.826. The average molecular weight is 413 g/mol. The molecule has 170 valence electrons. The minimum Gasteiger partial charge on any atom is -0.330 e. The Morgan fingerprint density at radius 2 is 1.34 bits per heavy atom. The minimum atomic E-state index is -0.800. The van der Waals surface area contributed by atoms with E-state index in [-0.39, 0.29) is 6.42 Å². The van der Waals surface area contributed by atoms with E-state index in [4.69, 9.17) is 11.5 Å². The second kappa shape index (κ2) is 21.3. The number of carbonyl (C=O) groups is 2. The summed E-state index contributed by atoms with van der Waals surface area (Å²) in [5, 5.41) is 0. The summed E-state index contributed by atoms with van der Waals surface area (Å²) in [5.41, 5.74) is 10.9. The van der Waals surface area contributed by atoms with E-state index in [1.54, 1.807) is 0 Å². The predicted molar refractivity (Wildman–Crippen MR) is 118 cm³/mol. The molecule has 0 aliphatic rings. The highest BCUT2D eigenvalue weighted by Crippen LogP contribution is 2.10. The lowest BCUT2D eigenvalue weighted by Gasteiger charge is -2.08. The van der Waals surface area contributed by atoms with Crippen LogP contribution in [0, 0.1) is 0 Å². The molecule has 6 nitrogen and oxygen atoms in total. The van der Waals surface area contributed by atoms with Crippen LogP contribution in [-0.4, -0.2) is 24.5 Å². The van der Waals surface area contributed by atoms with Gasteiger partial charge in [0.2, 0.25) is 0 Å². The first-order valence-corrected chi connectivity index (χ1v) is 11.6. The van der Waals surface area contributed by atoms with Crippen molar-refractivity contribution in [3.63, 3.8) is 0 Å². The van der Waals surface area contributed by atoms with Gasteiger partial charge in [-0.25, -0.2) is 19.4 Å². The number of hydrogen-bond donors (Lipinski definition) is 2. The number of unbranched alkanes of at least 4 members (excludes halogenated alkanes) is 11. The quantitative estimate of drug-likeness (QED) is 0.132. The Bertz CT molecular complexity index is 427. The molecule has 0 fully saturated rings. The number of carbonyl (C=O) groups excluding carboxylic acids is 2. The summed E-state index contributed by atoms with van der Waals surface area (Å²) in [5.74, 6) is -1.25. The zero-order chi connectivity index (χ0) is 21.6. The molecule has 1 atom stereocenters. The number of rotatable bonds is 19. The van der Waals surface area contributed by atoms with Crippen LogP contribution in [0.25, 0.3) is 0 Å². The van der Waals surface area contributed by atoms with E-state index in [9.17, 15) is 9.59 Å². The van der Waals surface area contributed by atoms with Gasteiger partial charge < -0.3 is 11.5 Å². The first-order valence-electron chi connectivity index (χ1n) is 11.6. The second-order valence-electron chi connectivity index (χ2n) is 7.73. The smallest absolute Gasteiger partial charge is 0.330 e. The molecule has 0 aromatic rings. The van der Waals surface area contributed by atoms with Gasteiger partial charge in [0.1, 0.15) is 6.04 Å². The number of nitrogens with two attached hydrogens (primary N) is 2. The summed E-state index contributed by atoms with van der Waals surface area (Å²) in [6.45, 7) is 2.70. The molecule has 0 aromatic heterocycles. The maximum atomic E-state index is 11.5. The maximum absolute atomic E-state index is 11.5. The normalized spacial score (nSPS) is 12.2. The van der Waals surface area contributed by atoms with E-state index in [2.05, 4.69) is 28.9 Å². The van der Waals surface area contributed by atoms with E-state index in [1.165, 1.54) is 57.8 Å². The molecule has 0 spiro atoms. The zero-order valence-corrected chi connectivity index (χ0v) is 18.5. The molecule has 0 heterocycles. The van der Waals surface area contributed by atoms with Crippen LogP contribution in [0.3, 0.4) is 0 Å². The first kappa shape index (κ1) is 27.6. The highest BCUT2D eigenvalue weighted by atomic mass is 17.2. The van der Waals surface area contributed by atoms with Crippen molar-refractivity contribution in [1.29, 1.82) is 0 Å². The third kappa shape index (κ3) is 19.7. The molecular formula is C23H44N2O4. The monoisotopic (exact) mass is 412 g/mol. The standard InChI is InChI=1S/C23H44N2O4/c1-2-3-4-5-6-7-8-9-10-11-12-13-14-15-16-19-22(26)28-29-23(27)21(25)18-17-20-24/h9-10,21H,2-8,11-20,24-25H2,1H3/b10-9-. The molecule has 0 saturated heterocycles. The Morgan fingerprint density at radius 1 is 0.793 bits per heavy atom. The van der Waals surface area contributed by atoms with Gasteiger partial charge in [-0.2, -0.15) is 0 Å². The molecule has 1 unspecified atom stereocenters. The first-order chi connectivity index (χ1) is 14.1. The Hall–Kier alpha value is -1.40. The van der Waals surface area contributed by atoms with Crippen LogP contribution in [0.5, 0.6) is 0 Å². The fourth-order valence-electron chi connectivity index (χ4n) is 2.99.